The van der Waals surface area contributed by atoms with Crippen LogP contribution in [0.1, 0.15) is 64.4 Å². The van der Waals surface area contributed by atoms with Crippen LogP contribution >= 0.6 is 0 Å². The van der Waals surface area contributed by atoms with E-state index in [0.717, 1.165) is 24.8 Å². The minimum Gasteiger partial charge on any atom is -0.459 e. The normalized spacial score (nSPS) is 16.3. The fourth-order valence-electron chi connectivity index (χ4n) is 3.92. The zero-order chi connectivity index (χ0) is 19.4. The molecule has 0 bridgehead atoms. The van der Waals surface area contributed by atoms with Gasteiger partial charge >= 0.3 is 5.97 Å². The highest BCUT2D eigenvalue weighted by atomic mass is 19.1. The highest BCUT2D eigenvalue weighted by Gasteiger charge is 2.30. The molecule has 2 aromatic carbocycles. The van der Waals surface area contributed by atoms with Gasteiger partial charge in [0.05, 0.1) is 5.92 Å². The zero-order valence-electron chi connectivity index (χ0n) is 16.5. The van der Waals surface area contributed by atoms with E-state index in [1.54, 1.807) is 6.07 Å². The van der Waals surface area contributed by atoms with Gasteiger partial charge in [-0.3, -0.25) is 4.79 Å². The van der Waals surface area contributed by atoms with Crippen LogP contribution in [0.4, 0.5) is 4.39 Å². The summed E-state index contributed by atoms with van der Waals surface area (Å²) in [4.78, 5) is 12.9. The number of halogens is 1. The second-order valence-electron chi connectivity index (χ2n) is 8.58. The first-order valence-corrected chi connectivity index (χ1v) is 9.91. The van der Waals surface area contributed by atoms with Crippen LogP contribution in [0.15, 0.2) is 48.5 Å². The maximum atomic E-state index is 14.9. The Morgan fingerprint density at radius 3 is 2.37 bits per heavy atom. The number of esters is 1. The van der Waals surface area contributed by atoms with Crippen molar-refractivity contribution in [1.29, 1.82) is 0 Å². The molecule has 0 amide bonds. The molecule has 0 radical (unpaired) electrons. The van der Waals surface area contributed by atoms with E-state index in [1.807, 2.05) is 57.2 Å². The van der Waals surface area contributed by atoms with E-state index in [4.69, 9.17) is 4.74 Å². The Hall–Kier alpha value is -2.16. The lowest BCUT2D eigenvalue weighted by atomic mass is 9.87. The van der Waals surface area contributed by atoms with Crippen LogP contribution in [0.25, 0.3) is 11.1 Å². The van der Waals surface area contributed by atoms with Crippen LogP contribution in [0.2, 0.25) is 0 Å². The molecule has 1 aliphatic rings. The summed E-state index contributed by atoms with van der Waals surface area (Å²) in [6, 6.07) is 14.7. The SMILES string of the molecule is CC(C)(C)OC(=O)[C@H](CC1CCCC1)c1ccc(-c2ccccc2)c(F)c1. The van der Waals surface area contributed by atoms with Crippen LogP contribution in [0, 0.1) is 11.7 Å². The molecule has 27 heavy (non-hydrogen) atoms. The van der Waals surface area contributed by atoms with Crippen LogP contribution in [-0.2, 0) is 9.53 Å². The van der Waals surface area contributed by atoms with Crippen LogP contribution in [-0.4, -0.2) is 11.6 Å². The average molecular weight is 368 g/mol. The van der Waals surface area contributed by atoms with E-state index in [9.17, 15) is 9.18 Å². The molecule has 144 valence electrons. The van der Waals surface area contributed by atoms with Crippen molar-refractivity contribution in [2.45, 2.75) is 64.4 Å². The fraction of sp³-hybridized carbons (Fsp3) is 0.458. The van der Waals surface area contributed by atoms with Gasteiger partial charge in [0.25, 0.3) is 0 Å². The minimum absolute atomic E-state index is 0.249. The van der Waals surface area contributed by atoms with Crippen molar-refractivity contribution in [1.82, 2.24) is 0 Å². The second kappa shape index (κ2) is 8.24. The van der Waals surface area contributed by atoms with E-state index in [0.29, 0.717) is 17.0 Å². The van der Waals surface area contributed by atoms with Crippen molar-refractivity contribution in [2.24, 2.45) is 5.92 Å². The molecule has 0 unspecified atom stereocenters. The molecule has 2 nitrogen and oxygen atoms in total. The summed E-state index contributed by atoms with van der Waals surface area (Å²) in [6.07, 6.45) is 5.45. The lowest BCUT2D eigenvalue weighted by Crippen LogP contribution is -2.28. The Kier molecular flexibility index (Phi) is 5.98. The molecule has 2 aromatic rings. The number of carbonyl (C=O) groups is 1. The van der Waals surface area contributed by atoms with Crippen molar-refractivity contribution in [3.05, 3.63) is 59.9 Å². The average Bonchev–Trinajstić information content (AvgIpc) is 3.12. The third-order valence-electron chi connectivity index (χ3n) is 5.22. The summed E-state index contributed by atoms with van der Waals surface area (Å²) in [7, 11) is 0. The first kappa shape index (κ1) is 19.6. The smallest absolute Gasteiger partial charge is 0.313 e. The first-order chi connectivity index (χ1) is 12.8. The van der Waals surface area contributed by atoms with E-state index in [1.165, 1.54) is 18.9 Å². The summed E-state index contributed by atoms with van der Waals surface area (Å²) in [5, 5.41) is 0. The number of rotatable bonds is 5. The lowest BCUT2D eigenvalue weighted by molar-refractivity contribution is -0.157. The maximum Gasteiger partial charge on any atom is 0.313 e. The standard InChI is InChI=1S/C24H29FO2/c1-24(2,3)27-23(26)21(15-17-9-7-8-10-17)19-13-14-20(22(25)16-19)18-11-5-4-6-12-18/h4-6,11-14,16-17,21H,7-10,15H2,1-3H3/t21-/m1/s1. The predicted octanol–water partition coefficient (Wildman–Crippen LogP) is 6.50. The van der Waals surface area contributed by atoms with Crippen molar-refractivity contribution in [2.75, 3.05) is 0 Å². The number of hydrogen-bond acceptors (Lipinski definition) is 2. The molecule has 0 saturated heterocycles. The Morgan fingerprint density at radius 1 is 1.11 bits per heavy atom. The molecular weight excluding hydrogens is 339 g/mol. The number of carbonyl (C=O) groups excluding carboxylic acids is 1. The van der Waals surface area contributed by atoms with Gasteiger partial charge in [-0.1, -0.05) is 68.1 Å². The highest BCUT2D eigenvalue weighted by molar-refractivity contribution is 5.79. The molecule has 0 aromatic heterocycles. The maximum absolute atomic E-state index is 14.9. The highest BCUT2D eigenvalue weighted by Crippen LogP contribution is 2.36. The molecule has 0 heterocycles. The second-order valence-corrected chi connectivity index (χ2v) is 8.58. The summed E-state index contributed by atoms with van der Waals surface area (Å²) in [5.41, 5.74) is 1.57. The summed E-state index contributed by atoms with van der Waals surface area (Å²) < 4.78 is 20.5. The van der Waals surface area contributed by atoms with Crippen molar-refractivity contribution >= 4 is 5.97 Å². The third kappa shape index (κ3) is 5.18. The van der Waals surface area contributed by atoms with Crippen molar-refractivity contribution < 1.29 is 13.9 Å². The molecule has 1 atom stereocenters. The van der Waals surface area contributed by atoms with Crippen molar-refractivity contribution in [3.63, 3.8) is 0 Å². The van der Waals surface area contributed by atoms with Gasteiger partial charge in [0.2, 0.25) is 0 Å². The number of hydrogen-bond donors (Lipinski definition) is 0. The Bertz CT molecular complexity index is 771. The van der Waals surface area contributed by atoms with Crippen molar-refractivity contribution in [3.8, 4) is 11.1 Å². The van der Waals surface area contributed by atoms with Gasteiger partial charge in [-0.05, 0) is 50.3 Å². The van der Waals surface area contributed by atoms with Crippen LogP contribution < -0.4 is 0 Å². The summed E-state index contributed by atoms with van der Waals surface area (Å²) >= 11 is 0. The van der Waals surface area contributed by atoms with Crippen LogP contribution in [0.3, 0.4) is 0 Å². The van der Waals surface area contributed by atoms with Gasteiger partial charge in [0, 0.05) is 5.56 Å². The fourth-order valence-corrected chi connectivity index (χ4v) is 3.92. The molecule has 1 fully saturated rings. The Morgan fingerprint density at radius 2 is 1.78 bits per heavy atom. The predicted molar refractivity (Wildman–Crippen MR) is 107 cm³/mol. The Labute approximate surface area is 161 Å². The van der Waals surface area contributed by atoms with Gasteiger partial charge in [-0.15, -0.1) is 0 Å². The number of ether oxygens (including phenoxy) is 1. The third-order valence-corrected chi connectivity index (χ3v) is 5.22. The summed E-state index contributed by atoms with van der Waals surface area (Å²) in [6.45, 7) is 5.61. The topological polar surface area (TPSA) is 26.3 Å². The molecule has 3 heteroatoms. The quantitative estimate of drug-likeness (QED) is 0.563. The first-order valence-electron chi connectivity index (χ1n) is 9.91. The van der Waals surface area contributed by atoms with Crippen LogP contribution in [0.5, 0.6) is 0 Å². The monoisotopic (exact) mass is 368 g/mol. The molecule has 0 spiro atoms. The molecule has 0 aliphatic heterocycles. The van der Waals surface area contributed by atoms with E-state index < -0.39 is 11.5 Å². The molecule has 1 saturated carbocycles. The molecule has 3 rings (SSSR count). The zero-order valence-corrected chi connectivity index (χ0v) is 16.5. The van der Waals surface area contributed by atoms with Gasteiger partial charge in [-0.2, -0.15) is 0 Å². The molecular formula is C24H29FO2. The van der Waals surface area contributed by atoms with E-state index in [2.05, 4.69) is 0 Å². The lowest BCUT2D eigenvalue weighted by Gasteiger charge is -2.26. The molecule has 1 aliphatic carbocycles. The Balaban J connectivity index is 1.88. The minimum atomic E-state index is -0.548. The molecule has 0 N–H and O–H groups in total. The number of benzene rings is 2. The summed E-state index contributed by atoms with van der Waals surface area (Å²) in [5.74, 6) is -0.439. The van der Waals surface area contributed by atoms with Gasteiger partial charge in [0.1, 0.15) is 11.4 Å². The largest absolute Gasteiger partial charge is 0.459 e. The van der Waals surface area contributed by atoms with Gasteiger partial charge < -0.3 is 4.74 Å². The van der Waals surface area contributed by atoms with E-state index >= 15 is 0 Å². The van der Waals surface area contributed by atoms with Gasteiger partial charge in [-0.25, -0.2) is 4.39 Å². The van der Waals surface area contributed by atoms with Gasteiger partial charge in [0.15, 0.2) is 0 Å². The van der Waals surface area contributed by atoms with E-state index in [-0.39, 0.29) is 11.8 Å².